The van der Waals surface area contributed by atoms with Crippen LogP contribution in [0.25, 0.3) is 22.2 Å². The van der Waals surface area contributed by atoms with E-state index in [0.29, 0.717) is 0 Å². The molecule has 21 heavy (non-hydrogen) atoms. The van der Waals surface area contributed by atoms with Gasteiger partial charge in [-0.25, -0.2) is 4.98 Å². The highest BCUT2D eigenvalue weighted by atomic mass is 32.1. The molecular weight excluding hydrogens is 278 g/mol. The zero-order valence-electron chi connectivity index (χ0n) is 12.8. The maximum Gasteiger partial charge on any atom is 0.114 e. The van der Waals surface area contributed by atoms with Crippen molar-refractivity contribution in [1.82, 2.24) is 9.97 Å². The van der Waals surface area contributed by atoms with E-state index in [0.717, 1.165) is 37.9 Å². The van der Waals surface area contributed by atoms with E-state index in [-0.39, 0.29) is 5.41 Å². The summed E-state index contributed by atoms with van der Waals surface area (Å²) in [5.41, 5.74) is 10.2. The van der Waals surface area contributed by atoms with Crippen LogP contribution in [0.2, 0.25) is 0 Å². The zero-order valence-corrected chi connectivity index (χ0v) is 13.6. The number of hydrogen-bond acceptors (Lipinski definition) is 4. The number of thiazole rings is 1. The molecule has 3 rings (SSSR count). The first-order valence-electron chi connectivity index (χ1n) is 6.99. The van der Waals surface area contributed by atoms with Crippen LogP contribution in [-0.4, -0.2) is 9.97 Å². The average Bonchev–Trinajstić information content (AvgIpc) is 2.80. The van der Waals surface area contributed by atoms with Crippen LogP contribution in [0.3, 0.4) is 0 Å². The third kappa shape index (κ3) is 2.63. The van der Waals surface area contributed by atoms with Gasteiger partial charge in [-0.15, -0.1) is 11.3 Å². The van der Waals surface area contributed by atoms with Gasteiger partial charge in [-0.2, -0.15) is 0 Å². The first-order valence-corrected chi connectivity index (χ1v) is 7.81. The lowest BCUT2D eigenvalue weighted by Gasteiger charge is -2.13. The summed E-state index contributed by atoms with van der Waals surface area (Å²) in [7, 11) is 0. The molecule has 0 spiro atoms. The maximum absolute atomic E-state index is 6.18. The van der Waals surface area contributed by atoms with Crippen LogP contribution >= 0.6 is 11.3 Å². The van der Waals surface area contributed by atoms with Gasteiger partial charge in [0.1, 0.15) is 15.7 Å². The van der Waals surface area contributed by atoms with Crippen molar-refractivity contribution < 1.29 is 0 Å². The van der Waals surface area contributed by atoms with Crippen LogP contribution in [0.15, 0.2) is 30.3 Å². The SMILES string of the molecule is Cc1ccc2cc(-c3nc(C(C)(C)C)sc3N)ccc2n1. The molecule has 0 radical (unpaired) electrons. The van der Waals surface area contributed by atoms with Gasteiger partial charge in [0, 0.05) is 22.1 Å². The Hall–Kier alpha value is -1.94. The molecule has 0 aliphatic rings. The number of rotatable bonds is 1. The first-order chi connectivity index (χ1) is 9.84. The average molecular weight is 297 g/mol. The molecule has 0 aliphatic heterocycles. The minimum atomic E-state index is 0.0204. The summed E-state index contributed by atoms with van der Waals surface area (Å²) in [5.74, 6) is 0. The lowest BCUT2D eigenvalue weighted by Crippen LogP contribution is -2.10. The molecule has 2 aromatic heterocycles. The van der Waals surface area contributed by atoms with Gasteiger partial charge in [0.2, 0.25) is 0 Å². The number of benzene rings is 1. The van der Waals surface area contributed by atoms with Gasteiger partial charge in [-0.1, -0.05) is 32.9 Å². The summed E-state index contributed by atoms with van der Waals surface area (Å²) in [6.07, 6.45) is 0. The molecule has 3 nitrogen and oxygen atoms in total. The summed E-state index contributed by atoms with van der Waals surface area (Å²) < 4.78 is 0. The molecule has 0 aliphatic carbocycles. The Morgan fingerprint density at radius 2 is 1.81 bits per heavy atom. The first kappa shape index (κ1) is 14.0. The van der Waals surface area contributed by atoms with Crippen LogP contribution in [0.1, 0.15) is 31.5 Å². The number of aromatic nitrogens is 2. The Labute approximate surface area is 128 Å². The van der Waals surface area contributed by atoms with Gasteiger partial charge in [-0.05, 0) is 25.1 Å². The highest BCUT2D eigenvalue weighted by Gasteiger charge is 2.21. The Morgan fingerprint density at radius 3 is 2.48 bits per heavy atom. The lowest BCUT2D eigenvalue weighted by atomic mass is 9.98. The van der Waals surface area contributed by atoms with E-state index >= 15 is 0 Å². The highest BCUT2D eigenvalue weighted by molar-refractivity contribution is 7.16. The monoisotopic (exact) mass is 297 g/mol. The molecule has 0 amide bonds. The van der Waals surface area contributed by atoms with Gasteiger partial charge in [0.15, 0.2) is 0 Å². The van der Waals surface area contributed by atoms with Crippen molar-refractivity contribution in [2.75, 3.05) is 5.73 Å². The number of nitrogen functional groups attached to an aromatic ring is 1. The molecule has 108 valence electrons. The number of nitrogens with zero attached hydrogens (tertiary/aromatic N) is 2. The molecule has 0 saturated heterocycles. The number of anilines is 1. The molecule has 0 saturated carbocycles. The summed E-state index contributed by atoms with van der Waals surface area (Å²) in [6.45, 7) is 8.47. The Kier molecular flexibility index (Phi) is 3.21. The van der Waals surface area contributed by atoms with Gasteiger partial charge in [-0.3, -0.25) is 4.98 Å². The second kappa shape index (κ2) is 4.81. The van der Waals surface area contributed by atoms with E-state index in [1.165, 1.54) is 0 Å². The number of pyridine rings is 1. The fourth-order valence-corrected chi connectivity index (χ4v) is 3.15. The van der Waals surface area contributed by atoms with Crippen molar-refractivity contribution in [1.29, 1.82) is 0 Å². The van der Waals surface area contributed by atoms with Crippen LogP contribution < -0.4 is 5.73 Å². The molecule has 0 unspecified atom stereocenters. The van der Waals surface area contributed by atoms with E-state index in [1.807, 2.05) is 25.1 Å². The number of hydrogen-bond donors (Lipinski definition) is 1. The molecule has 2 heterocycles. The van der Waals surface area contributed by atoms with Crippen LogP contribution in [-0.2, 0) is 5.41 Å². The van der Waals surface area contributed by atoms with Gasteiger partial charge < -0.3 is 5.73 Å². The van der Waals surface area contributed by atoms with Crippen molar-refractivity contribution in [3.05, 3.63) is 41.0 Å². The topological polar surface area (TPSA) is 51.8 Å². The van der Waals surface area contributed by atoms with Crippen molar-refractivity contribution in [2.45, 2.75) is 33.1 Å². The molecule has 2 N–H and O–H groups in total. The fraction of sp³-hybridized carbons (Fsp3) is 0.294. The molecule has 4 heteroatoms. The van der Waals surface area contributed by atoms with Crippen LogP contribution in [0, 0.1) is 6.92 Å². The van der Waals surface area contributed by atoms with Crippen molar-refractivity contribution in [3.8, 4) is 11.3 Å². The van der Waals surface area contributed by atoms with Crippen molar-refractivity contribution in [3.63, 3.8) is 0 Å². The predicted molar refractivity (Wildman–Crippen MR) is 90.7 cm³/mol. The predicted octanol–water partition coefficient (Wildman–Crippen LogP) is 4.55. The quantitative estimate of drug-likeness (QED) is 0.717. The van der Waals surface area contributed by atoms with E-state index < -0.39 is 0 Å². The van der Waals surface area contributed by atoms with Crippen molar-refractivity contribution in [2.24, 2.45) is 0 Å². The molecule has 1 aromatic carbocycles. The second-order valence-electron chi connectivity index (χ2n) is 6.34. The summed E-state index contributed by atoms with van der Waals surface area (Å²) in [4.78, 5) is 9.28. The number of aryl methyl sites for hydroxylation is 1. The zero-order chi connectivity index (χ0) is 15.2. The second-order valence-corrected chi connectivity index (χ2v) is 7.37. The third-order valence-electron chi connectivity index (χ3n) is 3.40. The van der Waals surface area contributed by atoms with E-state index in [9.17, 15) is 0 Å². The maximum atomic E-state index is 6.18. The van der Waals surface area contributed by atoms with Gasteiger partial charge in [0.25, 0.3) is 0 Å². The largest absolute Gasteiger partial charge is 0.389 e. The normalized spacial score (nSPS) is 12.0. The standard InChI is InChI=1S/C17H19N3S/c1-10-5-6-11-9-12(7-8-13(11)19-10)14-15(18)21-16(20-14)17(2,3)4/h5-9H,18H2,1-4H3. The molecule has 0 bridgehead atoms. The van der Waals surface area contributed by atoms with Crippen LogP contribution in [0.4, 0.5) is 5.00 Å². The minimum absolute atomic E-state index is 0.0204. The highest BCUT2D eigenvalue weighted by Crippen LogP contribution is 2.36. The summed E-state index contributed by atoms with van der Waals surface area (Å²) in [5, 5.41) is 2.96. The Balaban J connectivity index is 2.12. The molecule has 0 atom stereocenters. The minimum Gasteiger partial charge on any atom is -0.389 e. The van der Waals surface area contributed by atoms with Crippen molar-refractivity contribution >= 4 is 27.2 Å². The third-order valence-corrected chi connectivity index (χ3v) is 4.71. The number of nitrogens with two attached hydrogens (primary N) is 1. The lowest BCUT2D eigenvalue weighted by molar-refractivity contribution is 0.586. The van der Waals surface area contributed by atoms with Gasteiger partial charge >= 0.3 is 0 Å². The summed E-state index contributed by atoms with van der Waals surface area (Å²) >= 11 is 1.58. The summed E-state index contributed by atoms with van der Waals surface area (Å²) in [6, 6.07) is 10.3. The smallest absolute Gasteiger partial charge is 0.114 e. The van der Waals surface area contributed by atoms with E-state index in [2.05, 4.69) is 37.9 Å². The Morgan fingerprint density at radius 1 is 1.05 bits per heavy atom. The number of fused-ring (bicyclic) bond motifs is 1. The molecule has 3 aromatic rings. The van der Waals surface area contributed by atoms with Crippen LogP contribution in [0.5, 0.6) is 0 Å². The molecular formula is C17H19N3S. The molecule has 0 fully saturated rings. The van der Waals surface area contributed by atoms with Gasteiger partial charge in [0.05, 0.1) is 5.52 Å². The van der Waals surface area contributed by atoms with E-state index in [4.69, 9.17) is 10.7 Å². The fourth-order valence-electron chi connectivity index (χ4n) is 2.23. The Bertz CT molecular complexity index is 813. The van der Waals surface area contributed by atoms with E-state index in [1.54, 1.807) is 11.3 Å².